The number of amides is 1. The molecule has 1 fully saturated rings. The molecule has 92 valence electrons. The first kappa shape index (κ1) is 11.1. The van der Waals surface area contributed by atoms with Crippen molar-refractivity contribution in [1.82, 2.24) is 5.32 Å². The van der Waals surface area contributed by atoms with Crippen molar-refractivity contribution in [3.05, 3.63) is 42.5 Å². The summed E-state index contributed by atoms with van der Waals surface area (Å²) < 4.78 is 0. The van der Waals surface area contributed by atoms with Crippen molar-refractivity contribution < 1.29 is 4.79 Å². The molecule has 18 heavy (non-hydrogen) atoms. The maximum Gasteiger partial charge on any atom is 0.220 e. The Morgan fingerprint density at radius 2 is 1.94 bits per heavy atom. The molecule has 0 spiro atoms. The van der Waals surface area contributed by atoms with E-state index in [0.717, 1.165) is 12.1 Å². The molecule has 2 aromatic rings. The quantitative estimate of drug-likeness (QED) is 0.847. The molecule has 2 N–H and O–H groups in total. The number of anilines is 1. The molecule has 0 radical (unpaired) electrons. The van der Waals surface area contributed by atoms with Gasteiger partial charge in [-0.3, -0.25) is 4.79 Å². The van der Waals surface area contributed by atoms with Crippen molar-refractivity contribution in [3.63, 3.8) is 0 Å². The van der Waals surface area contributed by atoms with E-state index < -0.39 is 0 Å². The highest BCUT2D eigenvalue weighted by molar-refractivity contribution is 5.85. The highest BCUT2D eigenvalue weighted by atomic mass is 16.1. The second-order valence-electron chi connectivity index (χ2n) is 4.75. The summed E-state index contributed by atoms with van der Waals surface area (Å²) in [7, 11) is 0. The zero-order chi connectivity index (χ0) is 12.4. The van der Waals surface area contributed by atoms with Gasteiger partial charge < -0.3 is 10.6 Å². The van der Waals surface area contributed by atoms with Crippen LogP contribution in [-0.4, -0.2) is 18.5 Å². The van der Waals surface area contributed by atoms with E-state index in [9.17, 15) is 4.79 Å². The Balaban J connectivity index is 1.76. The van der Waals surface area contributed by atoms with E-state index in [4.69, 9.17) is 0 Å². The van der Waals surface area contributed by atoms with Gasteiger partial charge in [-0.15, -0.1) is 0 Å². The number of rotatable bonds is 2. The Labute approximate surface area is 106 Å². The molecular formula is C15H16N2O. The molecule has 0 bridgehead atoms. The second kappa shape index (κ2) is 4.69. The molecule has 3 rings (SSSR count). The minimum atomic E-state index is 0.159. The first-order chi connectivity index (χ1) is 8.81. The fourth-order valence-corrected chi connectivity index (χ4v) is 2.37. The summed E-state index contributed by atoms with van der Waals surface area (Å²) in [6.07, 6.45) is 1.52. The Morgan fingerprint density at radius 3 is 2.72 bits per heavy atom. The van der Waals surface area contributed by atoms with Gasteiger partial charge in [0.25, 0.3) is 0 Å². The Hall–Kier alpha value is -2.03. The van der Waals surface area contributed by atoms with Gasteiger partial charge >= 0.3 is 0 Å². The van der Waals surface area contributed by atoms with Crippen molar-refractivity contribution in [1.29, 1.82) is 0 Å². The zero-order valence-electron chi connectivity index (χ0n) is 10.1. The van der Waals surface area contributed by atoms with Crippen molar-refractivity contribution in [3.8, 4) is 0 Å². The number of hydrogen-bond acceptors (Lipinski definition) is 2. The minimum absolute atomic E-state index is 0.159. The van der Waals surface area contributed by atoms with Crippen LogP contribution in [0.15, 0.2) is 42.5 Å². The summed E-state index contributed by atoms with van der Waals surface area (Å²) in [4.78, 5) is 11.1. The summed E-state index contributed by atoms with van der Waals surface area (Å²) in [5.41, 5.74) is 1.12. The Bertz CT molecular complexity index is 569. The molecule has 1 saturated heterocycles. The van der Waals surface area contributed by atoms with Gasteiger partial charge in [0, 0.05) is 24.7 Å². The molecule has 1 aliphatic rings. The molecule has 2 aromatic carbocycles. The van der Waals surface area contributed by atoms with Gasteiger partial charge in [0.15, 0.2) is 0 Å². The van der Waals surface area contributed by atoms with Gasteiger partial charge in [-0.25, -0.2) is 0 Å². The van der Waals surface area contributed by atoms with E-state index in [1.54, 1.807) is 0 Å². The smallest absolute Gasteiger partial charge is 0.220 e. The lowest BCUT2D eigenvalue weighted by atomic mass is 10.1. The predicted molar refractivity (Wildman–Crippen MR) is 73.6 cm³/mol. The molecule has 1 aliphatic heterocycles. The molecular weight excluding hydrogens is 224 g/mol. The van der Waals surface area contributed by atoms with Crippen LogP contribution < -0.4 is 10.6 Å². The monoisotopic (exact) mass is 240 g/mol. The van der Waals surface area contributed by atoms with Gasteiger partial charge in [0.2, 0.25) is 5.91 Å². The van der Waals surface area contributed by atoms with E-state index in [2.05, 4.69) is 41.0 Å². The molecule has 1 atom stereocenters. The van der Waals surface area contributed by atoms with E-state index in [-0.39, 0.29) is 5.91 Å². The van der Waals surface area contributed by atoms with Crippen LogP contribution in [0, 0.1) is 0 Å². The average Bonchev–Trinajstić information content (AvgIpc) is 2.41. The van der Waals surface area contributed by atoms with Gasteiger partial charge in [-0.05, 0) is 29.3 Å². The molecule has 3 nitrogen and oxygen atoms in total. The maximum absolute atomic E-state index is 11.1. The average molecular weight is 240 g/mol. The van der Waals surface area contributed by atoms with E-state index in [1.807, 2.05) is 12.1 Å². The first-order valence-electron chi connectivity index (χ1n) is 6.33. The van der Waals surface area contributed by atoms with Crippen LogP contribution >= 0.6 is 0 Å². The summed E-state index contributed by atoms with van der Waals surface area (Å²) in [6.45, 7) is 0.714. The number of benzene rings is 2. The highest BCUT2D eigenvalue weighted by Crippen LogP contribution is 2.20. The van der Waals surface area contributed by atoms with Crippen LogP contribution in [0.25, 0.3) is 10.8 Å². The van der Waals surface area contributed by atoms with E-state index >= 15 is 0 Å². The van der Waals surface area contributed by atoms with Crippen molar-refractivity contribution in [2.24, 2.45) is 0 Å². The van der Waals surface area contributed by atoms with Gasteiger partial charge in [-0.2, -0.15) is 0 Å². The van der Waals surface area contributed by atoms with Crippen LogP contribution in [0.5, 0.6) is 0 Å². The maximum atomic E-state index is 11.1. The number of nitrogens with one attached hydrogen (secondary N) is 2. The Kier molecular flexibility index (Phi) is 2.89. The molecule has 0 aliphatic carbocycles. The Morgan fingerprint density at radius 1 is 1.11 bits per heavy atom. The van der Waals surface area contributed by atoms with Gasteiger partial charge in [0.05, 0.1) is 0 Å². The van der Waals surface area contributed by atoms with E-state index in [1.165, 1.54) is 10.8 Å². The van der Waals surface area contributed by atoms with Crippen LogP contribution in [0.2, 0.25) is 0 Å². The summed E-state index contributed by atoms with van der Waals surface area (Å²) in [5, 5.41) is 8.86. The fourth-order valence-electron chi connectivity index (χ4n) is 2.37. The topological polar surface area (TPSA) is 41.1 Å². The predicted octanol–water partition coefficient (Wildman–Crippen LogP) is 2.53. The number of hydrogen-bond donors (Lipinski definition) is 2. The third-order valence-electron chi connectivity index (χ3n) is 3.39. The lowest BCUT2D eigenvalue weighted by Crippen LogP contribution is -2.41. The number of carbonyl (C=O) groups is 1. The van der Waals surface area contributed by atoms with Crippen LogP contribution in [0.3, 0.4) is 0 Å². The lowest BCUT2D eigenvalue weighted by Gasteiger charge is -2.24. The molecule has 3 heteroatoms. The molecule has 1 amide bonds. The van der Waals surface area contributed by atoms with Crippen LogP contribution in [0.1, 0.15) is 12.8 Å². The SMILES string of the molecule is O=C1CCC(Nc2ccc3ccccc3c2)CN1. The van der Waals surface area contributed by atoms with Gasteiger partial charge in [0.1, 0.15) is 0 Å². The van der Waals surface area contributed by atoms with Crippen LogP contribution in [0.4, 0.5) is 5.69 Å². The molecule has 1 heterocycles. The lowest BCUT2D eigenvalue weighted by molar-refractivity contribution is -0.122. The molecule has 1 unspecified atom stereocenters. The minimum Gasteiger partial charge on any atom is -0.381 e. The van der Waals surface area contributed by atoms with Crippen molar-refractivity contribution >= 4 is 22.4 Å². The largest absolute Gasteiger partial charge is 0.381 e. The molecule has 0 aromatic heterocycles. The second-order valence-corrected chi connectivity index (χ2v) is 4.75. The van der Waals surface area contributed by atoms with Crippen molar-refractivity contribution in [2.45, 2.75) is 18.9 Å². The normalized spacial score (nSPS) is 19.6. The fraction of sp³-hybridized carbons (Fsp3) is 0.267. The summed E-state index contributed by atoms with van der Waals surface area (Å²) in [6, 6.07) is 15.0. The third kappa shape index (κ3) is 2.30. The number of fused-ring (bicyclic) bond motifs is 1. The van der Waals surface area contributed by atoms with Crippen molar-refractivity contribution in [2.75, 3.05) is 11.9 Å². The van der Waals surface area contributed by atoms with E-state index in [0.29, 0.717) is 19.0 Å². The summed E-state index contributed by atoms with van der Waals surface area (Å²) in [5.74, 6) is 0.159. The number of piperidine rings is 1. The van der Waals surface area contributed by atoms with Crippen LogP contribution in [-0.2, 0) is 4.79 Å². The molecule has 0 saturated carbocycles. The summed E-state index contributed by atoms with van der Waals surface area (Å²) >= 11 is 0. The van der Waals surface area contributed by atoms with Gasteiger partial charge in [-0.1, -0.05) is 30.3 Å². The first-order valence-corrected chi connectivity index (χ1v) is 6.33. The third-order valence-corrected chi connectivity index (χ3v) is 3.39. The highest BCUT2D eigenvalue weighted by Gasteiger charge is 2.17. The zero-order valence-corrected chi connectivity index (χ0v) is 10.1. The number of carbonyl (C=O) groups excluding carboxylic acids is 1. The standard InChI is InChI=1S/C15H16N2O/c18-15-8-7-14(10-16-15)17-13-6-5-11-3-1-2-4-12(11)9-13/h1-6,9,14,17H,7-8,10H2,(H,16,18).